The van der Waals surface area contributed by atoms with Gasteiger partial charge in [0.15, 0.2) is 0 Å². The molecular formula is C14H17BrClNO3. The van der Waals surface area contributed by atoms with E-state index in [0.717, 1.165) is 0 Å². The van der Waals surface area contributed by atoms with Gasteiger partial charge in [-0.15, -0.1) is 0 Å². The number of carboxylic acid groups (broad SMARTS) is 1. The standard InChI is InChI=1S/C14H17BrClNO3/c1-8(2)14(3,13(19)20)7-12(18)17-11-5-4-9(16)6-10(11)15/h4-6,8H,7H2,1-3H3,(H,17,18)(H,19,20). The van der Waals surface area contributed by atoms with Crippen LogP contribution in [0.1, 0.15) is 27.2 Å². The Bertz CT molecular complexity index is 533. The zero-order chi connectivity index (χ0) is 15.5. The molecule has 0 heterocycles. The number of nitrogens with one attached hydrogen (secondary N) is 1. The molecule has 0 bridgehead atoms. The molecule has 0 aromatic heterocycles. The van der Waals surface area contributed by atoms with E-state index in [1.807, 2.05) is 0 Å². The molecule has 1 unspecified atom stereocenters. The lowest BCUT2D eigenvalue weighted by Gasteiger charge is -2.28. The SMILES string of the molecule is CC(C)C(C)(CC(=O)Nc1ccc(Cl)cc1Br)C(=O)O. The Labute approximate surface area is 131 Å². The summed E-state index contributed by atoms with van der Waals surface area (Å²) in [7, 11) is 0. The third kappa shape index (κ3) is 3.96. The Kier molecular flexibility index (Phi) is 5.59. The maximum Gasteiger partial charge on any atom is 0.310 e. The second-order valence-corrected chi connectivity index (χ2v) is 6.52. The van der Waals surface area contributed by atoms with E-state index in [1.165, 1.54) is 0 Å². The van der Waals surface area contributed by atoms with Gasteiger partial charge in [-0.1, -0.05) is 25.4 Å². The first-order valence-electron chi connectivity index (χ1n) is 6.15. The summed E-state index contributed by atoms with van der Waals surface area (Å²) in [6, 6.07) is 4.98. The van der Waals surface area contributed by atoms with Crippen molar-refractivity contribution in [2.75, 3.05) is 5.32 Å². The number of benzene rings is 1. The van der Waals surface area contributed by atoms with Gasteiger partial charge in [0.25, 0.3) is 0 Å². The normalized spacial score (nSPS) is 13.9. The number of hydrogen-bond donors (Lipinski definition) is 2. The number of rotatable bonds is 5. The smallest absolute Gasteiger partial charge is 0.310 e. The van der Waals surface area contributed by atoms with Crippen LogP contribution in [-0.2, 0) is 9.59 Å². The van der Waals surface area contributed by atoms with E-state index in [4.69, 9.17) is 11.6 Å². The number of aliphatic carboxylic acids is 1. The van der Waals surface area contributed by atoms with Crippen LogP contribution in [0.15, 0.2) is 22.7 Å². The summed E-state index contributed by atoms with van der Waals surface area (Å²) in [5.74, 6) is -1.47. The molecule has 1 atom stereocenters. The molecule has 0 radical (unpaired) electrons. The van der Waals surface area contributed by atoms with E-state index >= 15 is 0 Å². The minimum Gasteiger partial charge on any atom is -0.481 e. The van der Waals surface area contributed by atoms with Gasteiger partial charge >= 0.3 is 5.97 Å². The van der Waals surface area contributed by atoms with Crippen molar-refractivity contribution in [2.45, 2.75) is 27.2 Å². The molecule has 1 aromatic carbocycles. The molecule has 0 aliphatic rings. The fourth-order valence-corrected chi connectivity index (χ4v) is 2.43. The van der Waals surface area contributed by atoms with Crippen molar-refractivity contribution in [2.24, 2.45) is 11.3 Å². The second-order valence-electron chi connectivity index (χ2n) is 5.23. The molecule has 6 heteroatoms. The van der Waals surface area contributed by atoms with Gasteiger partial charge in [0.2, 0.25) is 5.91 Å². The van der Waals surface area contributed by atoms with E-state index in [2.05, 4.69) is 21.2 Å². The average molecular weight is 363 g/mol. The minimum absolute atomic E-state index is 0.0882. The summed E-state index contributed by atoms with van der Waals surface area (Å²) in [5, 5.41) is 12.5. The van der Waals surface area contributed by atoms with Crippen LogP contribution in [0.2, 0.25) is 5.02 Å². The Hall–Kier alpha value is -1.07. The molecule has 2 N–H and O–H groups in total. The van der Waals surface area contributed by atoms with Crippen molar-refractivity contribution < 1.29 is 14.7 Å². The highest BCUT2D eigenvalue weighted by Gasteiger charge is 2.38. The van der Waals surface area contributed by atoms with Gasteiger partial charge in [-0.2, -0.15) is 0 Å². The molecule has 0 aliphatic heterocycles. The van der Waals surface area contributed by atoms with Gasteiger partial charge in [0, 0.05) is 15.9 Å². The number of carbonyl (C=O) groups excluding carboxylic acids is 1. The van der Waals surface area contributed by atoms with Crippen molar-refractivity contribution in [3.63, 3.8) is 0 Å². The fourth-order valence-electron chi connectivity index (χ4n) is 1.65. The molecule has 1 rings (SSSR count). The van der Waals surface area contributed by atoms with Crippen molar-refractivity contribution in [3.05, 3.63) is 27.7 Å². The second kappa shape index (κ2) is 6.59. The van der Waals surface area contributed by atoms with E-state index in [9.17, 15) is 14.7 Å². The first-order chi connectivity index (χ1) is 9.16. The van der Waals surface area contributed by atoms with Crippen LogP contribution in [0.25, 0.3) is 0 Å². The monoisotopic (exact) mass is 361 g/mol. The third-order valence-electron chi connectivity index (χ3n) is 3.50. The van der Waals surface area contributed by atoms with E-state index in [0.29, 0.717) is 15.2 Å². The van der Waals surface area contributed by atoms with Gasteiger partial charge in [-0.05, 0) is 47.0 Å². The van der Waals surface area contributed by atoms with Crippen molar-refractivity contribution >= 4 is 45.1 Å². The van der Waals surface area contributed by atoms with Gasteiger partial charge in [0.1, 0.15) is 0 Å². The predicted molar refractivity (Wildman–Crippen MR) is 83.0 cm³/mol. The van der Waals surface area contributed by atoms with Crippen molar-refractivity contribution in [3.8, 4) is 0 Å². The summed E-state index contributed by atoms with van der Waals surface area (Å²) >= 11 is 9.12. The molecule has 110 valence electrons. The number of hydrogen-bond acceptors (Lipinski definition) is 2. The number of anilines is 1. The van der Waals surface area contributed by atoms with Crippen LogP contribution < -0.4 is 5.32 Å². The number of amides is 1. The lowest BCUT2D eigenvalue weighted by Crippen LogP contribution is -2.37. The Morgan fingerprint density at radius 1 is 1.45 bits per heavy atom. The molecule has 0 fully saturated rings. The highest BCUT2D eigenvalue weighted by Crippen LogP contribution is 2.32. The lowest BCUT2D eigenvalue weighted by molar-refractivity contribution is -0.153. The predicted octanol–water partition coefficient (Wildman–Crippen LogP) is 4.18. The van der Waals surface area contributed by atoms with Crippen LogP contribution in [0.5, 0.6) is 0 Å². The zero-order valence-corrected chi connectivity index (χ0v) is 13.9. The van der Waals surface area contributed by atoms with E-state index < -0.39 is 11.4 Å². The molecule has 0 spiro atoms. The number of carboxylic acids is 1. The largest absolute Gasteiger partial charge is 0.481 e. The van der Waals surface area contributed by atoms with Gasteiger partial charge in [-0.3, -0.25) is 9.59 Å². The van der Waals surface area contributed by atoms with Crippen molar-refractivity contribution in [1.29, 1.82) is 0 Å². The summed E-state index contributed by atoms with van der Waals surface area (Å²) in [4.78, 5) is 23.4. The Balaban J connectivity index is 2.84. The number of carbonyl (C=O) groups is 2. The number of halogens is 2. The van der Waals surface area contributed by atoms with E-state index in [1.54, 1.807) is 39.0 Å². The first-order valence-corrected chi connectivity index (χ1v) is 7.32. The molecule has 0 saturated heterocycles. The summed E-state index contributed by atoms with van der Waals surface area (Å²) in [5.41, 5.74) is -0.529. The Morgan fingerprint density at radius 3 is 2.50 bits per heavy atom. The molecule has 0 saturated carbocycles. The zero-order valence-electron chi connectivity index (χ0n) is 11.5. The average Bonchev–Trinajstić information content (AvgIpc) is 2.32. The molecule has 1 amide bonds. The van der Waals surface area contributed by atoms with E-state index in [-0.39, 0.29) is 18.2 Å². The minimum atomic E-state index is -1.09. The summed E-state index contributed by atoms with van der Waals surface area (Å²) in [6.45, 7) is 5.16. The lowest BCUT2D eigenvalue weighted by atomic mass is 9.76. The molecule has 4 nitrogen and oxygen atoms in total. The van der Waals surface area contributed by atoms with Crippen LogP contribution in [0.3, 0.4) is 0 Å². The van der Waals surface area contributed by atoms with Crippen LogP contribution in [0, 0.1) is 11.3 Å². The third-order valence-corrected chi connectivity index (χ3v) is 4.39. The highest BCUT2D eigenvalue weighted by atomic mass is 79.9. The maximum absolute atomic E-state index is 12.0. The highest BCUT2D eigenvalue weighted by molar-refractivity contribution is 9.10. The Morgan fingerprint density at radius 2 is 2.05 bits per heavy atom. The van der Waals surface area contributed by atoms with Crippen molar-refractivity contribution in [1.82, 2.24) is 0 Å². The summed E-state index contributed by atoms with van der Waals surface area (Å²) < 4.78 is 0.653. The topological polar surface area (TPSA) is 66.4 Å². The van der Waals surface area contributed by atoms with Gasteiger partial charge in [0.05, 0.1) is 11.1 Å². The van der Waals surface area contributed by atoms with Gasteiger partial charge in [-0.25, -0.2) is 0 Å². The van der Waals surface area contributed by atoms with Gasteiger partial charge < -0.3 is 10.4 Å². The fraction of sp³-hybridized carbons (Fsp3) is 0.429. The van der Waals surface area contributed by atoms with Crippen LogP contribution in [0.4, 0.5) is 5.69 Å². The summed E-state index contributed by atoms with van der Waals surface area (Å²) in [6.07, 6.45) is -0.0882. The quantitative estimate of drug-likeness (QED) is 0.826. The maximum atomic E-state index is 12.0. The molecule has 0 aliphatic carbocycles. The van der Waals surface area contributed by atoms with Crippen LogP contribution in [-0.4, -0.2) is 17.0 Å². The van der Waals surface area contributed by atoms with Crippen LogP contribution >= 0.6 is 27.5 Å². The molecular weight excluding hydrogens is 346 g/mol. The molecule has 20 heavy (non-hydrogen) atoms. The molecule has 1 aromatic rings. The first kappa shape index (κ1) is 17.0.